The first-order valence-electron chi connectivity index (χ1n) is 4.29. The monoisotopic (exact) mass is 174 g/mol. The van der Waals surface area contributed by atoms with Crippen LogP contribution in [0.25, 0.3) is 0 Å². The van der Waals surface area contributed by atoms with Crippen LogP contribution < -0.4 is 11.5 Å². The second-order valence-corrected chi connectivity index (χ2v) is 3.10. The van der Waals surface area contributed by atoms with E-state index in [0.29, 0.717) is 25.8 Å². The molecule has 0 saturated carbocycles. The summed E-state index contributed by atoms with van der Waals surface area (Å²) in [7, 11) is 0. The smallest absolute Gasteiger partial charge is 0.323 e. The van der Waals surface area contributed by atoms with Crippen molar-refractivity contribution in [3.8, 4) is 0 Å². The number of carboxylic acids is 1. The van der Waals surface area contributed by atoms with Gasteiger partial charge in [0.15, 0.2) is 0 Å². The molecule has 0 aromatic rings. The molecular formula is C8H18N2O2. The molecule has 0 aliphatic carbocycles. The molecule has 1 unspecified atom stereocenters. The Labute approximate surface area is 72.9 Å². The van der Waals surface area contributed by atoms with Crippen LogP contribution in [0.4, 0.5) is 0 Å². The van der Waals surface area contributed by atoms with Crippen molar-refractivity contribution in [2.45, 2.75) is 38.1 Å². The molecule has 0 rings (SSSR count). The molecule has 0 bridgehead atoms. The molecule has 4 nitrogen and oxygen atoms in total. The number of nitrogens with two attached hydrogens (primary N) is 2. The molecule has 0 aromatic carbocycles. The predicted octanol–water partition coefficient (Wildman–Crippen LogP) is 0.308. The second kappa shape index (κ2) is 5.11. The van der Waals surface area contributed by atoms with E-state index in [0.717, 1.165) is 6.42 Å². The topological polar surface area (TPSA) is 89.3 Å². The average Bonchev–Trinajstić information content (AvgIpc) is 2.01. The van der Waals surface area contributed by atoms with Crippen LogP contribution in [0.2, 0.25) is 0 Å². The van der Waals surface area contributed by atoms with Gasteiger partial charge in [0.25, 0.3) is 0 Å². The lowest BCUT2D eigenvalue weighted by Gasteiger charge is -2.23. The Morgan fingerprint density at radius 2 is 2.08 bits per heavy atom. The second-order valence-electron chi connectivity index (χ2n) is 3.10. The van der Waals surface area contributed by atoms with Crippen molar-refractivity contribution >= 4 is 5.97 Å². The summed E-state index contributed by atoms with van der Waals surface area (Å²) >= 11 is 0. The molecule has 0 aliphatic heterocycles. The zero-order valence-corrected chi connectivity index (χ0v) is 7.55. The van der Waals surface area contributed by atoms with Crippen LogP contribution in [0.15, 0.2) is 0 Å². The molecule has 0 radical (unpaired) electrons. The third kappa shape index (κ3) is 3.19. The number of carbonyl (C=O) groups is 1. The van der Waals surface area contributed by atoms with E-state index >= 15 is 0 Å². The van der Waals surface area contributed by atoms with Crippen molar-refractivity contribution in [1.82, 2.24) is 0 Å². The summed E-state index contributed by atoms with van der Waals surface area (Å²) in [6.07, 6.45) is 2.44. The minimum Gasteiger partial charge on any atom is -0.480 e. The highest BCUT2D eigenvalue weighted by Crippen LogP contribution is 2.16. The summed E-state index contributed by atoms with van der Waals surface area (Å²) < 4.78 is 0. The minimum atomic E-state index is -1.06. The van der Waals surface area contributed by atoms with E-state index in [1.165, 1.54) is 0 Å². The molecule has 1 atom stereocenters. The fraction of sp³-hybridized carbons (Fsp3) is 0.875. The fourth-order valence-electron chi connectivity index (χ4n) is 1.20. The maximum absolute atomic E-state index is 10.8. The quantitative estimate of drug-likeness (QED) is 0.540. The van der Waals surface area contributed by atoms with Gasteiger partial charge in [-0.1, -0.05) is 13.3 Å². The van der Waals surface area contributed by atoms with Crippen LogP contribution in [0.5, 0.6) is 0 Å². The highest BCUT2D eigenvalue weighted by molar-refractivity contribution is 5.78. The lowest BCUT2D eigenvalue weighted by Crippen LogP contribution is -2.48. The Bertz CT molecular complexity index is 150. The van der Waals surface area contributed by atoms with Crippen molar-refractivity contribution in [3.63, 3.8) is 0 Å². The van der Waals surface area contributed by atoms with Crippen LogP contribution in [-0.4, -0.2) is 23.2 Å². The average molecular weight is 174 g/mol. The van der Waals surface area contributed by atoms with E-state index in [9.17, 15) is 4.79 Å². The van der Waals surface area contributed by atoms with Gasteiger partial charge in [0.2, 0.25) is 0 Å². The largest absolute Gasteiger partial charge is 0.480 e. The molecule has 5 N–H and O–H groups in total. The van der Waals surface area contributed by atoms with Crippen molar-refractivity contribution in [2.75, 3.05) is 6.54 Å². The Morgan fingerprint density at radius 1 is 1.50 bits per heavy atom. The van der Waals surface area contributed by atoms with Crippen LogP contribution in [0.1, 0.15) is 32.6 Å². The van der Waals surface area contributed by atoms with Crippen LogP contribution in [0, 0.1) is 0 Å². The summed E-state index contributed by atoms with van der Waals surface area (Å²) in [5.74, 6) is -0.919. The van der Waals surface area contributed by atoms with Gasteiger partial charge in [0.05, 0.1) is 0 Å². The van der Waals surface area contributed by atoms with E-state index in [4.69, 9.17) is 16.6 Å². The zero-order valence-electron chi connectivity index (χ0n) is 7.55. The summed E-state index contributed by atoms with van der Waals surface area (Å²) in [5.41, 5.74) is 9.90. The van der Waals surface area contributed by atoms with Gasteiger partial charge in [-0.3, -0.25) is 4.79 Å². The third-order valence-electron chi connectivity index (χ3n) is 1.95. The lowest BCUT2D eigenvalue weighted by atomic mass is 9.90. The standard InChI is InChI=1S/C8H18N2O2/c1-2-4-8(10,7(11)12)5-3-6-9/h2-6,9-10H2,1H3,(H,11,12). The van der Waals surface area contributed by atoms with Gasteiger partial charge in [0.1, 0.15) is 5.54 Å². The molecule has 0 fully saturated rings. The van der Waals surface area contributed by atoms with Gasteiger partial charge in [-0.05, 0) is 25.8 Å². The van der Waals surface area contributed by atoms with E-state index < -0.39 is 11.5 Å². The fourth-order valence-corrected chi connectivity index (χ4v) is 1.20. The van der Waals surface area contributed by atoms with E-state index in [-0.39, 0.29) is 0 Å². The first-order valence-corrected chi connectivity index (χ1v) is 4.29. The predicted molar refractivity (Wildman–Crippen MR) is 47.8 cm³/mol. The van der Waals surface area contributed by atoms with Gasteiger partial charge in [-0.15, -0.1) is 0 Å². The maximum atomic E-state index is 10.8. The lowest BCUT2D eigenvalue weighted by molar-refractivity contribution is -0.144. The molecule has 0 heterocycles. The van der Waals surface area contributed by atoms with E-state index in [1.807, 2.05) is 6.92 Å². The van der Waals surface area contributed by atoms with Crippen LogP contribution in [-0.2, 0) is 4.79 Å². The van der Waals surface area contributed by atoms with Gasteiger partial charge < -0.3 is 16.6 Å². The Balaban J connectivity index is 4.08. The molecule has 0 saturated heterocycles. The summed E-state index contributed by atoms with van der Waals surface area (Å²) in [4.78, 5) is 10.8. The Morgan fingerprint density at radius 3 is 2.42 bits per heavy atom. The summed E-state index contributed by atoms with van der Waals surface area (Å²) in [5, 5.41) is 8.82. The first kappa shape index (κ1) is 11.4. The zero-order chi connectivity index (χ0) is 9.61. The van der Waals surface area contributed by atoms with Crippen molar-refractivity contribution in [1.29, 1.82) is 0 Å². The van der Waals surface area contributed by atoms with E-state index in [2.05, 4.69) is 0 Å². The number of rotatable bonds is 6. The van der Waals surface area contributed by atoms with Gasteiger partial charge in [-0.25, -0.2) is 0 Å². The molecule has 0 aliphatic rings. The first-order chi connectivity index (χ1) is 5.56. The Hall–Kier alpha value is -0.610. The van der Waals surface area contributed by atoms with Crippen LogP contribution in [0.3, 0.4) is 0 Å². The number of hydrogen-bond donors (Lipinski definition) is 3. The van der Waals surface area contributed by atoms with Gasteiger partial charge in [0, 0.05) is 0 Å². The van der Waals surface area contributed by atoms with Crippen molar-refractivity contribution in [3.05, 3.63) is 0 Å². The summed E-state index contributed by atoms with van der Waals surface area (Å²) in [6.45, 7) is 2.42. The minimum absolute atomic E-state index is 0.465. The SMILES string of the molecule is CCCC(N)(CCCN)C(=O)O. The molecule has 4 heteroatoms. The number of aliphatic carboxylic acids is 1. The van der Waals surface area contributed by atoms with Crippen LogP contribution >= 0.6 is 0 Å². The molecule has 72 valence electrons. The van der Waals surface area contributed by atoms with Gasteiger partial charge in [-0.2, -0.15) is 0 Å². The maximum Gasteiger partial charge on any atom is 0.323 e. The Kier molecular flexibility index (Phi) is 4.85. The van der Waals surface area contributed by atoms with E-state index in [1.54, 1.807) is 0 Å². The highest BCUT2D eigenvalue weighted by Gasteiger charge is 2.31. The number of hydrogen-bond acceptors (Lipinski definition) is 3. The normalized spacial score (nSPS) is 15.6. The van der Waals surface area contributed by atoms with Gasteiger partial charge >= 0.3 is 5.97 Å². The number of carboxylic acid groups (broad SMARTS) is 1. The molecular weight excluding hydrogens is 156 g/mol. The van der Waals surface area contributed by atoms with Crippen molar-refractivity contribution in [2.24, 2.45) is 11.5 Å². The highest BCUT2D eigenvalue weighted by atomic mass is 16.4. The third-order valence-corrected chi connectivity index (χ3v) is 1.95. The van der Waals surface area contributed by atoms with Crippen molar-refractivity contribution < 1.29 is 9.90 Å². The molecule has 0 spiro atoms. The molecule has 12 heavy (non-hydrogen) atoms. The molecule has 0 aromatic heterocycles. The summed E-state index contributed by atoms with van der Waals surface area (Å²) in [6, 6.07) is 0. The molecule has 0 amide bonds.